The highest BCUT2D eigenvalue weighted by atomic mass is 35.5. The molecule has 436 valence electrons. The van der Waals surface area contributed by atoms with Crippen LogP contribution < -0.4 is 36.0 Å². The van der Waals surface area contributed by atoms with E-state index in [0.717, 1.165) is 20.9 Å². The number of anilines is 1. The second-order valence-electron chi connectivity index (χ2n) is 20.6. The standard InChI is InChI=1S/C53H75ClN8O16S/c1-30(2)45(59-79(72,73)24-14-12-11-13-23-62-41(63)20-21-42(62)64)47(66)57-35(18-16-22-56-50(55)69)48(67)60(7)33(5)49(68)77-40-28-43(65)61(8)36-26-34(27-37(74-9)44(36)54)25-31(3)17-15-19-39(75-10)53(71)29-38(76-51(70)58-53)32(4)46-52(40,6)78-46/h15,17,19-21,26-27,32-33,35,38-40,45-46,59,71H,1,11-14,16,18,22-25,28-29H2,2-10H3,(H,57,66)(H,58,70)(H3,55,56,69)/b19-15+,31-17+/t32?,33-,35-,38?,39?,40?,45-,46?,52?,53?/m0/s1. The van der Waals surface area contributed by atoms with Gasteiger partial charge in [0.05, 0.1) is 31.1 Å². The molecule has 1 aromatic rings. The van der Waals surface area contributed by atoms with Crippen LogP contribution in [0.25, 0.3) is 0 Å². The zero-order valence-electron chi connectivity index (χ0n) is 46.1. The lowest BCUT2D eigenvalue weighted by Crippen LogP contribution is -2.63. The summed E-state index contributed by atoms with van der Waals surface area (Å²) in [6.07, 6.45) is 3.58. The lowest BCUT2D eigenvalue weighted by molar-refractivity contribution is -0.162. The van der Waals surface area contributed by atoms with E-state index in [1.807, 2.05) is 13.0 Å². The van der Waals surface area contributed by atoms with Crippen LogP contribution in [0.1, 0.15) is 91.5 Å². The number of ether oxygens (including phenoxy) is 5. The molecule has 79 heavy (non-hydrogen) atoms. The Labute approximate surface area is 465 Å². The Bertz CT molecular complexity index is 2700. The number of methoxy groups -OCH3 is 2. The van der Waals surface area contributed by atoms with E-state index in [0.29, 0.717) is 25.7 Å². The highest BCUT2D eigenvalue weighted by Crippen LogP contribution is 2.49. The molecule has 4 bridgehead atoms. The van der Waals surface area contributed by atoms with Crippen molar-refractivity contribution >= 4 is 74.9 Å². The molecule has 8 amide bonds. The number of benzene rings is 1. The summed E-state index contributed by atoms with van der Waals surface area (Å²) in [7, 11) is 1.48. The number of halogens is 1. The molecule has 26 heteroatoms. The van der Waals surface area contributed by atoms with Gasteiger partial charge < -0.3 is 55.0 Å². The van der Waals surface area contributed by atoms with Crippen molar-refractivity contribution in [1.82, 2.24) is 30.5 Å². The van der Waals surface area contributed by atoms with Gasteiger partial charge in [0.1, 0.15) is 52.8 Å². The summed E-state index contributed by atoms with van der Waals surface area (Å²) in [5, 5.41) is 19.5. The van der Waals surface area contributed by atoms with Gasteiger partial charge in [-0.1, -0.05) is 67.3 Å². The van der Waals surface area contributed by atoms with Crippen LogP contribution in [0.5, 0.6) is 5.75 Å². The topological polar surface area (TPSA) is 324 Å². The van der Waals surface area contributed by atoms with E-state index >= 15 is 0 Å². The highest BCUT2D eigenvalue weighted by Gasteiger charge is 2.64. The van der Waals surface area contributed by atoms with Crippen LogP contribution in [0.3, 0.4) is 0 Å². The van der Waals surface area contributed by atoms with E-state index in [1.54, 1.807) is 38.1 Å². The average molecular weight is 1150 g/mol. The van der Waals surface area contributed by atoms with Crippen LogP contribution in [-0.4, -0.2) is 172 Å². The molecule has 5 rings (SSSR count). The van der Waals surface area contributed by atoms with Crippen molar-refractivity contribution in [3.8, 4) is 5.75 Å². The minimum atomic E-state index is -4.12. The fourth-order valence-corrected chi connectivity index (χ4v) is 11.3. The van der Waals surface area contributed by atoms with E-state index in [4.69, 9.17) is 41.0 Å². The number of urea groups is 1. The van der Waals surface area contributed by atoms with Gasteiger partial charge in [0.25, 0.3) is 11.8 Å². The minimum absolute atomic E-state index is 0.0183. The van der Waals surface area contributed by atoms with Crippen LogP contribution in [0, 0.1) is 5.92 Å². The van der Waals surface area contributed by atoms with E-state index in [9.17, 15) is 51.9 Å². The number of alkyl carbamates (subject to hydrolysis) is 1. The number of carbonyl (C=O) groups is 8. The number of likely N-dealkylation sites (N-methyl/N-ethyl adjacent to an activating group) is 1. The van der Waals surface area contributed by atoms with Crippen LogP contribution in [0.2, 0.25) is 5.02 Å². The van der Waals surface area contributed by atoms with Crippen molar-refractivity contribution in [3.63, 3.8) is 0 Å². The third kappa shape index (κ3) is 16.4. The quantitative estimate of drug-likeness (QED) is 0.0320. The van der Waals surface area contributed by atoms with Gasteiger partial charge in [-0.15, -0.1) is 0 Å². The monoisotopic (exact) mass is 1150 g/mol. The first kappa shape index (κ1) is 63.5. The molecular weight excluding hydrogens is 1070 g/mol. The molecule has 2 fully saturated rings. The average Bonchev–Trinajstić information content (AvgIpc) is 4.22. The van der Waals surface area contributed by atoms with Gasteiger partial charge in [-0.2, -0.15) is 4.72 Å². The molecule has 0 aliphatic carbocycles. The fraction of sp³-hybridized carbons (Fsp3) is 0.585. The Morgan fingerprint density at radius 2 is 1.75 bits per heavy atom. The zero-order valence-corrected chi connectivity index (χ0v) is 47.7. The van der Waals surface area contributed by atoms with Crippen LogP contribution >= 0.6 is 11.6 Å². The van der Waals surface area contributed by atoms with Crippen LogP contribution in [-0.2, 0) is 64.2 Å². The van der Waals surface area contributed by atoms with Gasteiger partial charge in [-0.3, -0.25) is 34.2 Å². The number of hydrogen-bond acceptors (Lipinski definition) is 16. The molecule has 4 aliphatic rings. The van der Waals surface area contributed by atoms with Gasteiger partial charge in [0.2, 0.25) is 27.7 Å². The molecule has 0 spiro atoms. The van der Waals surface area contributed by atoms with Crippen molar-refractivity contribution in [2.45, 2.75) is 146 Å². The zero-order chi connectivity index (χ0) is 58.7. The predicted octanol–water partition coefficient (Wildman–Crippen LogP) is 2.80. The summed E-state index contributed by atoms with van der Waals surface area (Å²) in [5.74, 6) is -4.92. The number of nitrogens with zero attached hydrogens (tertiary/aromatic N) is 3. The Hall–Kier alpha value is -6.38. The molecule has 2 saturated heterocycles. The number of imide groups is 1. The van der Waals surface area contributed by atoms with Crippen molar-refractivity contribution in [2.75, 3.05) is 52.1 Å². The highest BCUT2D eigenvalue weighted by molar-refractivity contribution is 7.89. The molecule has 0 radical (unpaired) electrons. The van der Waals surface area contributed by atoms with Gasteiger partial charge in [0.15, 0.2) is 5.72 Å². The number of epoxide rings is 1. The Balaban J connectivity index is 1.37. The van der Waals surface area contributed by atoms with Gasteiger partial charge in [0, 0.05) is 58.8 Å². The van der Waals surface area contributed by atoms with Crippen molar-refractivity contribution in [1.29, 1.82) is 0 Å². The first-order valence-corrected chi connectivity index (χ1v) is 28.0. The van der Waals surface area contributed by atoms with Gasteiger partial charge >= 0.3 is 18.1 Å². The number of fused-ring (bicyclic) bond motifs is 5. The number of amides is 8. The molecule has 1 aromatic carbocycles. The molecule has 0 saturated carbocycles. The Morgan fingerprint density at radius 3 is 2.38 bits per heavy atom. The van der Waals surface area contributed by atoms with Gasteiger partial charge in [-0.05, 0) is 77.5 Å². The molecule has 4 aliphatic heterocycles. The largest absolute Gasteiger partial charge is 0.495 e. The summed E-state index contributed by atoms with van der Waals surface area (Å²) in [4.78, 5) is 109. The maximum atomic E-state index is 14.5. The normalized spacial score (nSPS) is 26.5. The third-order valence-electron chi connectivity index (χ3n) is 14.6. The maximum absolute atomic E-state index is 14.5. The van der Waals surface area contributed by atoms with E-state index in [1.165, 1.54) is 59.2 Å². The lowest BCUT2D eigenvalue weighted by Gasteiger charge is -2.42. The molecule has 10 atom stereocenters. The SMILES string of the molecule is C=C(C)[C@H](NS(=O)(=O)CCCCCCN1C(=O)C=CC1=O)C(=O)N[C@@H](CCCNC(N)=O)C(=O)N(C)[C@@H](C)C(=O)OC1CC(=O)N(C)c2cc(cc(OC)c2Cl)C/C(C)=C/C=C/C(OC)C2(O)CC(OC(=O)N2)C(C)C2OC12C. The smallest absolute Gasteiger partial charge is 0.409 e. The predicted molar refractivity (Wildman–Crippen MR) is 290 cm³/mol. The molecule has 7 N–H and O–H groups in total. The first-order chi connectivity index (χ1) is 37.1. The number of allylic oxidation sites excluding steroid dienone is 3. The number of esters is 1. The van der Waals surface area contributed by atoms with E-state index < -0.39 is 124 Å². The van der Waals surface area contributed by atoms with Crippen molar-refractivity contribution in [3.05, 3.63) is 70.8 Å². The number of sulfonamides is 1. The van der Waals surface area contributed by atoms with Gasteiger partial charge in [-0.25, -0.2) is 22.8 Å². The maximum Gasteiger partial charge on any atom is 0.409 e. The van der Waals surface area contributed by atoms with E-state index in [2.05, 4.69) is 27.3 Å². The van der Waals surface area contributed by atoms with E-state index in [-0.39, 0.29) is 66.6 Å². The summed E-state index contributed by atoms with van der Waals surface area (Å²) < 4.78 is 58.4. The molecule has 7 unspecified atom stereocenters. The number of nitrogens with one attached hydrogen (secondary N) is 4. The number of nitrogens with two attached hydrogens (primary N) is 1. The third-order valence-corrected chi connectivity index (χ3v) is 16.4. The number of unbranched alkanes of at least 4 members (excludes halogenated alkanes) is 3. The second kappa shape index (κ2) is 27.2. The summed E-state index contributed by atoms with van der Waals surface area (Å²) in [6.45, 7) is 12.0. The molecule has 4 heterocycles. The molecule has 24 nitrogen and oxygen atoms in total. The Kier molecular flexibility index (Phi) is 21.8. The number of rotatable bonds is 22. The number of aliphatic hydroxyl groups is 1. The fourth-order valence-electron chi connectivity index (χ4n) is 9.65. The molecule has 0 aromatic heterocycles. The summed E-state index contributed by atoms with van der Waals surface area (Å²) >= 11 is 6.83. The van der Waals surface area contributed by atoms with Crippen molar-refractivity contribution in [2.24, 2.45) is 11.7 Å². The van der Waals surface area contributed by atoms with Crippen LogP contribution in [0.4, 0.5) is 15.3 Å². The number of primary amides is 1. The van der Waals surface area contributed by atoms with Crippen molar-refractivity contribution < 1.29 is 75.6 Å². The number of carbonyl (C=O) groups excluding carboxylic acids is 8. The number of hydrogen-bond donors (Lipinski definition) is 6. The molecular formula is C53H75ClN8O16S. The van der Waals surface area contributed by atoms with Crippen LogP contribution in [0.15, 0.2) is 60.2 Å². The summed E-state index contributed by atoms with van der Waals surface area (Å²) in [6, 6.07) is -1.75. The minimum Gasteiger partial charge on any atom is -0.495 e. The second-order valence-corrected chi connectivity index (χ2v) is 22.9. The first-order valence-electron chi connectivity index (χ1n) is 25.9. The Morgan fingerprint density at radius 1 is 1.08 bits per heavy atom. The lowest BCUT2D eigenvalue weighted by atomic mass is 9.83. The summed E-state index contributed by atoms with van der Waals surface area (Å²) in [5.41, 5.74) is 3.83.